The van der Waals surface area contributed by atoms with Crippen LogP contribution in [0.25, 0.3) is 0 Å². The molecule has 0 amide bonds. The Bertz CT molecular complexity index is 184. The molecule has 5 nitrogen and oxygen atoms in total. The summed E-state index contributed by atoms with van der Waals surface area (Å²) in [5.41, 5.74) is 2.31. The minimum absolute atomic E-state index is 0.221. The number of nitrogens with two attached hydrogens (primary N) is 1. The van der Waals surface area contributed by atoms with Gasteiger partial charge in [-0.05, 0) is 39.8 Å². The Balaban J connectivity index is 2.25. The number of guanidine groups is 1. The second-order valence-corrected chi connectivity index (χ2v) is 4.13. The third kappa shape index (κ3) is 3.16. The number of hydrogen-bond acceptors (Lipinski definition) is 3. The predicted molar refractivity (Wildman–Crippen MR) is 57.9 cm³/mol. The fourth-order valence-corrected chi connectivity index (χ4v) is 1.98. The van der Waals surface area contributed by atoms with Crippen molar-refractivity contribution in [2.45, 2.75) is 37.8 Å². The predicted octanol–water partition coefficient (Wildman–Crippen LogP) is -0.153. The highest BCUT2D eigenvalue weighted by atomic mass is 15.3. The van der Waals surface area contributed by atoms with Gasteiger partial charge in [0.25, 0.3) is 0 Å². The summed E-state index contributed by atoms with van der Waals surface area (Å²) in [4.78, 5) is 2.28. The first-order chi connectivity index (χ1) is 6.63. The van der Waals surface area contributed by atoms with Gasteiger partial charge in [-0.1, -0.05) is 0 Å². The van der Waals surface area contributed by atoms with Crippen LogP contribution in [0.2, 0.25) is 0 Å². The van der Waals surface area contributed by atoms with Gasteiger partial charge in [0.1, 0.15) is 0 Å². The van der Waals surface area contributed by atoms with Gasteiger partial charge in [-0.15, -0.1) is 0 Å². The van der Waals surface area contributed by atoms with Crippen LogP contribution in [0, 0.1) is 5.41 Å². The molecule has 82 valence electrons. The fraction of sp³-hybridized carbons (Fsp3) is 0.889. The standard InChI is InChI=1S/C9H21N5/c1-14(2)8-5-3-7(4-6-8)12-9(10)13-11/h7-8H,3-6,11H2,1-2H3,(H3,10,12,13)/t7-,8-. The molecule has 0 aromatic heterocycles. The van der Waals surface area contributed by atoms with E-state index in [1.807, 2.05) is 0 Å². The highest BCUT2D eigenvalue weighted by Crippen LogP contribution is 2.21. The molecule has 0 spiro atoms. The van der Waals surface area contributed by atoms with Gasteiger partial charge < -0.3 is 10.2 Å². The van der Waals surface area contributed by atoms with Gasteiger partial charge >= 0.3 is 0 Å². The van der Waals surface area contributed by atoms with Crippen LogP contribution in [-0.4, -0.2) is 37.0 Å². The zero-order valence-electron chi connectivity index (χ0n) is 9.01. The Morgan fingerprint density at radius 3 is 2.29 bits per heavy atom. The van der Waals surface area contributed by atoms with Crippen LogP contribution >= 0.6 is 0 Å². The molecule has 5 N–H and O–H groups in total. The van der Waals surface area contributed by atoms with Gasteiger partial charge in [0, 0.05) is 12.1 Å². The van der Waals surface area contributed by atoms with Gasteiger partial charge in [0.05, 0.1) is 0 Å². The summed E-state index contributed by atoms with van der Waals surface area (Å²) >= 11 is 0. The van der Waals surface area contributed by atoms with E-state index >= 15 is 0 Å². The molecule has 1 rings (SSSR count). The lowest BCUT2D eigenvalue weighted by atomic mass is 9.91. The number of nitrogens with zero attached hydrogens (tertiary/aromatic N) is 1. The van der Waals surface area contributed by atoms with E-state index in [9.17, 15) is 0 Å². The fourth-order valence-electron chi connectivity index (χ4n) is 1.98. The molecule has 0 aromatic carbocycles. The second kappa shape index (κ2) is 5.17. The van der Waals surface area contributed by atoms with Gasteiger partial charge in [0.2, 0.25) is 5.96 Å². The van der Waals surface area contributed by atoms with Gasteiger partial charge in [0.15, 0.2) is 0 Å². The molecular formula is C9H21N5. The molecule has 5 heteroatoms. The van der Waals surface area contributed by atoms with Crippen LogP contribution < -0.4 is 16.6 Å². The van der Waals surface area contributed by atoms with Gasteiger partial charge in [-0.25, -0.2) is 5.84 Å². The molecule has 0 bridgehead atoms. The highest BCUT2D eigenvalue weighted by molar-refractivity contribution is 5.75. The summed E-state index contributed by atoms with van der Waals surface area (Å²) in [5.74, 6) is 5.34. The lowest BCUT2D eigenvalue weighted by Crippen LogP contribution is -2.48. The van der Waals surface area contributed by atoms with Crippen molar-refractivity contribution < 1.29 is 0 Å². The van der Waals surface area contributed by atoms with Crippen LogP contribution in [0.3, 0.4) is 0 Å². The van der Waals surface area contributed by atoms with E-state index in [0.717, 1.165) is 12.8 Å². The van der Waals surface area contributed by atoms with Crippen LogP contribution in [0.15, 0.2) is 0 Å². The third-order valence-corrected chi connectivity index (χ3v) is 2.92. The van der Waals surface area contributed by atoms with Crippen LogP contribution in [-0.2, 0) is 0 Å². The first-order valence-corrected chi connectivity index (χ1v) is 5.11. The topological polar surface area (TPSA) is 77.2 Å². The normalized spacial score (nSPS) is 27.4. The van der Waals surface area contributed by atoms with Crippen molar-refractivity contribution in [1.82, 2.24) is 15.6 Å². The van der Waals surface area contributed by atoms with E-state index in [1.54, 1.807) is 0 Å². The Morgan fingerprint density at radius 2 is 1.86 bits per heavy atom. The van der Waals surface area contributed by atoms with Crippen molar-refractivity contribution in [2.75, 3.05) is 14.1 Å². The minimum atomic E-state index is 0.221. The van der Waals surface area contributed by atoms with Gasteiger partial charge in [-0.3, -0.25) is 10.8 Å². The first-order valence-electron chi connectivity index (χ1n) is 5.11. The maximum atomic E-state index is 7.35. The Hall–Kier alpha value is -0.810. The van der Waals surface area contributed by atoms with E-state index in [0.29, 0.717) is 12.1 Å². The smallest absolute Gasteiger partial charge is 0.203 e. The van der Waals surface area contributed by atoms with E-state index in [1.165, 1.54) is 12.8 Å². The first kappa shape index (κ1) is 11.3. The van der Waals surface area contributed by atoms with Crippen molar-refractivity contribution in [3.63, 3.8) is 0 Å². The maximum Gasteiger partial charge on any atom is 0.203 e. The zero-order valence-corrected chi connectivity index (χ0v) is 9.01. The minimum Gasteiger partial charge on any atom is -0.353 e. The molecule has 0 heterocycles. The van der Waals surface area contributed by atoms with Crippen molar-refractivity contribution in [3.05, 3.63) is 0 Å². The Labute approximate surface area is 85.5 Å². The molecule has 1 fully saturated rings. The average Bonchev–Trinajstić information content (AvgIpc) is 2.18. The van der Waals surface area contributed by atoms with E-state index in [4.69, 9.17) is 11.3 Å². The molecule has 1 aliphatic rings. The van der Waals surface area contributed by atoms with Crippen LogP contribution in [0.4, 0.5) is 0 Å². The van der Waals surface area contributed by atoms with E-state index in [-0.39, 0.29) is 5.96 Å². The lowest BCUT2D eigenvalue weighted by molar-refractivity contribution is 0.211. The van der Waals surface area contributed by atoms with E-state index in [2.05, 4.69) is 29.7 Å². The highest BCUT2D eigenvalue weighted by Gasteiger charge is 2.22. The summed E-state index contributed by atoms with van der Waals surface area (Å²) in [6.45, 7) is 0. The lowest BCUT2D eigenvalue weighted by Gasteiger charge is -2.33. The summed E-state index contributed by atoms with van der Waals surface area (Å²) in [7, 11) is 4.25. The molecule has 0 atom stereocenters. The number of rotatable bonds is 2. The van der Waals surface area contributed by atoms with Crippen LogP contribution in [0.5, 0.6) is 0 Å². The molecular weight excluding hydrogens is 178 g/mol. The molecule has 0 saturated heterocycles. The van der Waals surface area contributed by atoms with Crippen LogP contribution in [0.1, 0.15) is 25.7 Å². The number of hydrazine groups is 1. The third-order valence-electron chi connectivity index (χ3n) is 2.92. The summed E-state index contributed by atoms with van der Waals surface area (Å²) in [5, 5.41) is 10.4. The van der Waals surface area contributed by atoms with Gasteiger partial charge in [-0.2, -0.15) is 0 Å². The van der Waals surface area contributed by atoms with Crippen molar-refractivity contribution in [3.8, 4) is 0 Å². The van der Waals surface area contributed by atoms with E-state index < -0.39 is 0 Å². The average molecular weight is 199 g/mol. The molecule has 0 aliphatic heterocycles. The zero-order chi connectivity index (χ0) is 10.6. The Morgan fingerprint density at radius 1 is 1.29 bits per heavy atom. The molecule has 1 saturated carbocycles. The largest absolute Gasteiger partial charge is 0.353 e. The molecule has 0 aromatic rings. The molecule has 14 heavy (non-hydrogen) atoms. The maximum absolute atomic E-state index is 7.35. The quantitative estimate of drug-likeness (QED) is 0.216. The molecule has 0 unspecified atom stereocenters. The summed E-state index contributed by atoms with van der Waals surface area (Å²) in [6.07, 6.45) is 4.63. The summed E-state index contributed by atoms with van der Waals surface area (Å²) in [6, 6.07) is 1.11. The molecule has 1 aliphatic carbocycles. The summed E-state index contributed by atoms with van der Waals surface area (Å²) < 4.78 is 0. The number of hydrogen-bond donors (Lipinski definition) is 4. The second-order valence-electron chi connectivity index (χ2n) is 4.13. The van der Waals surface area contributed by atoms with Crippen molar-refractivity contribution >= 4 is 5.96 Å². The monoisotopic (exact) mass is 199 g/mol. The van der Waals surface area contributed by atoms with Crippen molar-refractivity contribution in [2.24, 2.45) is 5.84 Å². The van der Waals surface area contributed by atoms with Crippen molar-refractivity contribution in [1.29, 1.82) is 5.41 Å². The SMILES string of the molecule is CN(C)[C@H]1CC[C@H](NC(=N)NN)CC1. The Kier molecular flexibility index (Phi) is 4.16. The molecule has 0 radical (unpaired) electrons. The number of nitrogens with one attached hydrogen (secondary N) is 3.